The first-order valence-corrected chi connectivity index (χ1v) is 17.6. The minimum Gasteiger partial charge on any atom is -0.490 e. The number of ether oxygens (including phenoxy) is 1. The van der Waals surface area contributed by atoms with E-state index in [1.54, 1.807) is 0 Å². The summed E-state index contributed by atoms with van der Waals surface area (Å²) in [6.45, 7) is 18.2. The van der Waals surface area contributed by atoms with Crippen LogP contribution in [0.25, 0.3) is 0 Å². The van der Waals surface area contributed by atoms with Crippen LogP contribution in [0, 0.1) is 11.3 Å². The van der Waals surface area contributed by atoms with E-state index >= 15 is 4.79 Å². The fourth-order valence-electron chi connectivity index (χ4n) is 6.78. The van der Waals surface area contributed by atoms with Crippen LogP contribution in [-0.2, 0) is 16.5 Å². The van der Waals surface area contributed by atoms with E-state index in [2.05, 4.69) is 63.8 Å². The number of rotatable bonds is 8. The molecule has 2 aliphatic heterocycles. The molecule has 9 heteroatoms. The van der Waals surface area contributed by atoms with Crippen molar-refractivity contribution >= 4 is 35.1 Å². The molecule has 3 aromatic rings. The predicted octanol–water partition coefficient (Wildman–Crippen LogP) is 9.01. The van der Waals surface area contributed by atoms with Crippen LogP contribution >= 0.6 is 23.2 Å². The Hall–Kier alpha value is -3.57. The van der Waals surface area contributed by atoms with Gasteiger partial charge in [-0.1, -0.05) is 74.3 Å². The van der Waals surface area contributed by atoms with E-state index in [0.29, 0.717) is 41.1 Å². The van der Waals surface area contributed by atoms with E-state index in [1.807, 2.05) is 72.2 Å². The van der Waals surface area contributed by atoms with Crippen molar-refractivity contribution in [1.29, 1.82) is 5.26 Å². The summed E-state index contributed by atoms with van der Waals surface area (Å²) in [5, 5.41) is 10.3. The molecule has 0 aliphatic carbocycles. The number of hydrogen-bond donors (Lipinski definition) is 0. The maximum Gasteiger partial charge on any atom is 0.326 e. The Morgan fingerprint density at radius 1 is 0.938 bits per heavy atom. The number of aliphatic imine (C=N–C) groups is 1. The summed E-state index contributed by atoms with van der Waals surface area (Å²) in [5.74, 6) is 1.25. The maximum atomic E-state index is 15.2. The van der Waals surface area contributed by atoms with Crippen LogP contribution in [0.2, 0.25) is 10.0 Å². The first-order chi connectivity index (χ1) is 22.7. The first kappa shape index (κ1) is 35.7. The Balaban J connectivity index is 1.71. The van der Waals surface area contributed by atoms with Crippen molar-refractivity contribution in [2.75, 3.05) is 32.7 Å². The lowest BCUT2D eigenvalue weighted by Crippen LogP contribution is -2.60. The molecule has 48 heavy (non-hydrogen) atoms. The van der Waals surface area contributed by atoms with E-state index in [-0.39, 0.29) is 17.6 Å². The molecule has 2 heterocycles. The summed E-state index contributed by atoms with van der Waals surface area (Å²) in [6.07, 6.45) is 1.26. The molecule has 2 aliphatic rings. The number of nitrogens with zero attached hydrogens (tertiary/aromatic N) is 5. The number of nitriles is 1. The van der Waals surface area contributed by atoms with Crippen LogP contribution in [0.1, 0.15) is 83.6 Å². The van der Waals surface area contributed by atoms with Crippen molar-refractivity contribution in [1.82, 2.24) is 14.7 Å². The number of benzene rings is 3. The van der Waals surface area contributed by atoms with Crippen LogP contribution in [0.4, 0.5) is 4.79 Å². The SMILES string of the molecule is CC(C)Oc1cc(C(C)(C)C)ccc1C1=N[C@@](C)(c2ccc(Cl)cc2)[C@](C)(c2ccc(Cl)cc2)N1C(=O)N1CCN(CCCC#N)CC1. The van der Waals surface area contributed by atoms with Gasteiger partial charge in [0, 0.05) is 42.6 Å². The molecule has 1 fully saturated rings. The Kier molecular flexibility index (Phi) is 10.5. The molecule has 0 N–H and O–H groups in total. The van der Waals surface area contributed by atoms with Crippen LogP contribution in [0.3, 0.4) is 0 Å². The zero-order valence-corrected chi connectivity index (χ0v) is 30.7. The molecule has 0 saturated carbocycles. The molecule has 0 spiro atoms. The lowest BCUT2D eigenvalue weighted by Gasteiger charge is -2.47. The van der Waals surface area contributed by atoms with Gasteiger partial charge in [-0.25, -0.2) is 4.79 Å². The van der Waals surface area contributed by atoms with Crippen LogP contribution in [0.15, 0.2) is 71.7 Å². The number of urea groups is 1. The second-order valence-corrected chi connectivity index (χ2v) is 15.3. The largest absolute Gasteiger partial charge is 0.490 e. The third-order valence-electron chi connectivity index (χ3n) is 9.80. The molecule has 7 nitrogen and oxygen atoms in total. The van der Waals surface area contributed by atoms with Gasteiger partial charge in [0.25, 0.3) is 0 Å². The monoisotopic (exact) mass is 687 g/mol. The van der Waals surface area contributed by atoms with Crippen molar-refractivity contribution in [3.63, 3.8) is 0 Å². The molecule has 2 atom stereocenters. The number of amidine groups is 1. The number of carbonyl (C=O) groups is 1. The van der Waals surface area contributed by atoms with Gasteiger partial charge in [0.05, 0.1) is 17.7 Å². The molecule has 0 radical (unpaired) electrons. The maximum absolute atomic E-state index is 15.2. The Morgan fingerprint density at radius 3 is 2.06 bits per heavy atom. The van der Waals surface area contributed by atoms with Gasteiger partial charge in [0.2, 0.25) is 0 Å². The summed E-state index contributed by atoms with van der Waals surface area (Å²) in [5.41, 5.74) is 1.72. The molecule has 3 aromatic carbocycles. The highest BCUT2D eigenvalue weighted by Gasteiger charge is 2.60. The molecule has 254 valence electrons. The average molecular weight is 689 g/mol. The summed E-state index contributed by atoms with van der Waals surface area (Å²) < 4.78 is 6.51. The topological polar surface area (TPSA) is 72.2 Å². The van der Waals surface area contributed by atoms with Crippen molar-refractivity contribution in [3.05, 3.63) is 99.0 Å². The van der Waals surface area contributed by atoms with Crippen LogP contribution in [-0.4, -0.2) is 65.4 Å². The quantitative estimate of drug-likeness (QED) is 0.222. The number of carbonyl (C=O) groups excluding carboxylic acids is 1. The fraction of sp³-hybridized carbons (Fsp3) is 0.462. The van der Waals surface area contributed by atoms with Gasteiger partial charge in [-0.15, -0.1) is 0 Å². The minimum atomic E-state index is -0.973. The number of piperazine rings is 1. The van der Waals surface area contributed by atoms with Gasteiger partial charge in [-0.05, 0) is 99.2 Å². The van der Waals surface area contributed by atoms with Crippen LogP contribution < -0.4 is 4.74 Å². The summed E-state index contributed by atoms with van der Waals surface area (Å²) in [6, 6.07) is 23.9. The zero-order chi connectivity index (χ0) is 34.9. The predicted molar refractivity (Wildman–Crippen MR) is 195 cm³/mol. The molecule has 0 aromatic heterocycles. The van der Waals surface area contributed by atoms with Gasteiger partial charge in [0.15, 0.2) is 0 Å². The Labute approximate surface area is 296 Å². The van der Waals surface area contributed by atoms with Crippen LogP contribution in [0.5, 0.6) is 5.75 Å². The van der Waals surface area contributed by atoms with Crippen molar-refractivity contribution < 1.29 is 9.53 Å². The first-order valence-electron chi connectivity index (χ1n) is 16.8. The van der Waals surface area contributed by atoms with Gasteiger partial charge >= 0.3 is 6.03 Å². The Bertz CT molecular complexity index is 1690. The molecule has 5 rings (SSSR count). The summed E-state index contributed by atoms with van der Waals surface area (Å²) >= 11 is 12.8. The third kappa shape index (κ3) is 6.94. The van der Waals surface area contributed by atoms with E-state index in [1.165, 1.54) is 0 Å². The van der Waals surface area contributed by atoms with Crippen molar-refractivity contribution in [2.24, 2.45) is 4.99 Å². The second kappa shape index (κ2) is 14.1. The van der Waals surface area contributed by atoms with E-state index in [0.717, 1.165) is 48.3 Å². The number of halogens is 2. The van der Waals surface area contributed by atoms with Gasteiger partial charge in [0.1, 0.15) is 22.7 Å². The van der Waals surface area contributed by atoms with Crippen molar-refractivity contribution in [3.8, 4) is 11.8 Å². The highest BCUT2D eigenvalue weighted by atomic mass is 35.5. The summed E-state index contributed by atoms with van der Waals surface area (Å²) in [7, 11) is 0. The third-order valence-corrected chi connectivity index (χ3v) is 10.3. The average Bonchev–Trinajstić information content (AvgIpc) is 3.29. The zero-order valence-electron chi connectivity index (χ0n) is 29.2. The van der Waals surface area contributed by atoms with E-state index < -0.39 is 11.1 Å². The van der Waals surface area contributed by atoms with E-state index in [4.69, 9.17) is 38.2 Å². The highest BCUT2D eigenvalue weighted by molar-refractivity contribution is 6.30. The molecule has 1 saturated heterocycles. The standard InChI is InChI=1S/C39H47Cl2N5O2/c1-27(2)48-34-26-30(37(3,4)5)14-19-33(34)35-43-38(6,28-10-15-31(40)16-11-28)39(7,29-12-17-32(41)18-13-29)46(35)36(47)45-24-22-44(23-25-45)21-9-8-20-42/h10-19,26-27H,8-9,21-25H2,1-7H3/t38-,39-/m0/s1. The number of hydrogen-bond acceptors (Lipinski definition) is 5. The highest BCUT2D eigenvalue weighted by Crippen LogP contribution is 2.54. The molecular weight excluding hydrogens is 641 g/mol. The fourth-order valence-corrected chi connectivity index (χ4v) is 7.03. The molecule has 2 amide bonds. The second-order valence-electron chi connectivity index (χ2n) is 14.4. The van der Waals surface area contributed by atoms with Gasteiger partial charge in [-0.3, -0.25) is 14.8 Å². The number of unbranched alkanes of at least 4 members (excludes halogenated alkanes) is 1. The molecule has 0 bridgehead atoms. The minimum absolute atomic E-state index is 0.0930. The lowest BCUT2D eigenvalue weighted by atomic mass is 9.71. The Morgan fingerprint density at radius 2 is 1.52 bits per heavy atom. The van der Waals surface area contributed by atoms with Gasteiger partial charge in [-0.2, -0.15) is 5.26 Å². The normalized spacial score (nSPS) is 21.7. The summed E-state index contributed by atoms with van der Waals surface area (Å²) in [4.78, 5) is 26.9. The number of amides is 2. The van der Waals surface area contributed by atoms with Gasteiger partial charge < -0.3 is 9.64 Å². The molecular formula is C39H47Cl2N5O2. The smallest absolute Gasteiger partial charge is 0.326 e. The molecule has 0 unspecified atom stereocenters. The van der Waals surface area contributed by atoms with E-state index in [9.17, 15) is 0 Å². The van der Waals surface area contributed by atoms with Crippen molar-refractivity contribution in [2.45, 2.75) is 83.9 Å². The lowest BCUT2D eigenvalue weighted by molar-refractivity contribution is 0.0865.